The second-order valence-electron chi connectivity index (χ2n) is 4.24. The van der Waals surface area contributed by atoms with Crippen molar-refractivity contribution in [1.82, 2.24) is 4.90 Å². The van der Waals surface area contributed by atoms with Crippen LogP contribution in [0.4, 0.5) is 0 Å². The standard InChI is InChI=1S/C12H17NO/c1-13-9-5-8-12(14,10-13)11-6-3-2-4-7-11/h2-4,6-7,14H,5,8-10H2,1H3. The van der Waals surface area contributed by atoms with Gasteiger partial charge in [-0.1, -0.05) is 30.3 Å². The topological polar surface area (TPSA) is 23.5 Å². The van der Waals surface area contributed by atoms with E-state index in [9.17, 15) is 5.11 Å². The first-order valence-corrected chi connectivity index (χ1v) is 5.17. The molecule has 1 aliphatic heterocycles. The van der Waals surface area contributed by atoms with Crippen LogP contribution in [0.1, 0.15) is 18.4 Å². The molecule has 1 saturated heterocycles. The second-order valence-corrected chi connectivity index (χ2v) is 4.24. The molecule has 0 aliphatic carbocycles. The Balaban J connectivity index is 2.23. The highest BCUT2D eigenvalue weighted by atomic mass is 16.3. The lowest BCUT2D eigenvalue weighted by Gasteiger charge is -2.37. The van der Waals surface area contributed by atoms with Crippen molar-refractivity contribution in [1.29, 1.82) is 0 Å². The van der Waals surface area contributed by atoms with Gasteiger partial charge in [0.15, 0.2) is 0 Å². The zero-order chi connectivity index (χ0) is 10.0. The molecule has 1 aromatic rings. The van der Waals surface area contributed by atoms with Crippen LogP contribution in [0.2, 0.25) is 0 Å². The number of likely N-dealkylation sites (N-methyl/N-ethyl adjacent to an activating group) is 1. The summed E-state index contributed by atoms with van der Waals surface area (Å²) in [5, 5.41) is 10.5. The molecule has 0 aromatic heterocycles. The molecule has 0 amide bonds. The molecule has 1 unspecified atom stereocenters. The van der Waals surface area contributed by atoms with Crippen molar-refractivity contribution >= 4 is 0 Å². The summed E-state index contributed by atoms with van der Waals surface area (Å²) < 4.78 is 0. The van der Waals surface area contributed by atoms with Crippen molar-refractivity contribution in [2.75, 3.05) is 20.1 Å². The summed E-state index contributed by atoms with van der Waals surface area (Å²) in [5.41, 5.74) is 0.417. The lowest BCUT2D eigenvalue weighted by atomic mass is 9.86. The summed E-state index contributed by atoms with van der Waals surface area (Å²) in [6.45, 7) is 1.84. The van der Waals surface area contributed by atoms with E-state index >= 15 is 0 Å². The van der Waals surface area contributed by atoms with Gasteiger partial charge in [0.2, 0.25) is 0 Å². The molecule has 0 spiro atoms. The zero-order valence-electron chi connectivity index (χ0n) is 8.61. The predicted octanol–water partition coefficient (Wildman–Crippen LogP) is 1.60. The Kier molecular flexibility index (Phi) is 2.57. The Labute approximate surface area is 85.2 Å². The molecule has 76 valence electrons. The van der Waals surface area contributed by atoms with Crippen LogP contribution in [0.15, 0.2) is 30.3 Å². The zero-order valence-corrected chi connectivity index (χ0v) is 8.61. The Morgan fingerprint density at radius 1 is 1.29 bits per heavy atom. The molecule has 2 rings (SSSR count). The average molecular weight is 191 g/mol. The third kappa shape index (κ3) is 1.81. The Morgan fingerprint density at radius 2 is 2.00 bits per heavy atom. The first-order chi connectivity index (χ1) is 6.71. The smallest absolute Gasteiger partial charge is 0.102 e. The van der Waals surface area contributed by atoms with Crippen molar-refractivity contribution in [2.24, 2.45) is 0 Å². The van der Waals surface area contributed by atoms with Gasteiger partial charge in [0.1, 0.15) is 5.60 Å². The maximum atomic E-state index is 10.5. The van der Waals surface area contributed by atoms with Crippen molar-refractivity contribution in [2.45, 2.75) is 18.4 Å². The van der Waals surface area contributed by atoms with Crippen LogP contribution < -0.4 is 0 Å². The molecule has 1 N–H and O–H groups in total. The molecule has 1 atom stereocenters. The molecule has 0 radical (unpaired) electrons. The molecule has 2 heteroatoms. The molecule has 1 heterocycles. The van der Waals surface area contributed by atoms with E-state index in [1.54, 1.807) is 0 Å². The summed E-state index contributed by atoms with van der Waals surface area (Å²) in [4.78, 5) is 2.19. The molecule has 2 nitrogen and oxygen atoms in total. The summed E-state index contributed by atoms with van der Waals surface area (Å²) in [6, 6.07) is 9.99. The maximum Gasteiger partial charge on any atom is 0.102 e. The summed E-state index contributed by atoms with van der Waals surface area (Å²) in [5.74, 6) is 0. The molecule has 0 bridgehead atoms. The van der Waals surface area contributed by atoms with Gasteiger partial charge in [0.25, 0.3) is 0 Å². The van der Waals surface area contributed by atoms with Crippen LogP contribution in [-0.2, 0) is 5.60 Å². The number of aliphatic hydroxyl groups is 1. The lowest BCUT2D eigenvalue weighted by molar-refractivity contribution is -0.0277. The largest absolute Gasteiger partial charge is 0.384 e. The molecule has 14 heavy (non-hydrogen) atoms. The molecular formula is C12H17NO. The van der Waals surface area contributed by atoms with Crippen LogP contribution in [-0.4, -0.2) is 30.1 Å². The molecule has 0 saturated carbocycles. The first-order valence-electron chi connectivity index (χ1n) is 5.17. The quantitative estimate of drug-likeness (QED) is 0.729. The number of hydrogen-bond acceptors (Lipinski definition) is 2. The number of β-amino-alcohol motifs (C(OH)–C–C–N with tert-alkyl or cyclic N) is 1. The fourth-order valence-electron chi connectivity index (χ4n) is 2.23. The van der Waals surface area contributed by atoms with Gasteiger partial charge in [-0.2, -0.15) is 0 Å². The second kappa shape index (κ2) is 3.71. The maximum absolute atomic E-state index is 10.5. The monoisotopic (exact) mass is 191 g/mol. The minimum atomic E-state index is -0.631. The van der Waals surface area contributed by atoms with Crippen LogP contribution in [0, 0.1) is 0 Å². The van der Waals surface area contributed by atoms with Gasteiger partial charge in [-0.25, -0.2) is 0 Å². The third-order valence-corrected chi connectivity index (χ3v) is 2.97. The van der Waals surface area contributed by atoms with E-state index in [1.807, 2.05) is 30.3 Å². The van der Waals surface area contributed by atoms with Gasteiger partial charge in [0.05, 0.1) is 0 Å². The van der Waals surface area contributed by atoms with Crippen molar-refractivity contribution in [3.63, 3.8) is 0 Å². The number of piperidine rings is 1. The minimum Gasteiger partial charge on any atom is -0.384 e. The van der Waals surface area contributed by atoms with E-state index in [0.29, 0.717) is 0 Å². The third-order valence-electron chi connectivity index (χ3n) is 2.97. The van der Waals surface area contributed by atoms with Crippen LogP contribution >= 0.6 is 0 Å². The normalized spacial score (nSPS) is 29.0. The highest BCUT2D eigenvalue weighted by Gasteiger charge is 2.33. The van der Waals surface area contributed by atoms with E-state index in [1.165, 1.54) is 0 Å². The average Bonchev–Trinajstić information content (AvgIpc) is 2.19. The highest BCUT2D eigenvalue weighted by molar-refractivity contribution is 5.23. The van der Waals surface area contributed by atoms with Gasteiger partial charge >= 0.3 is 0 Å². The van der Waals surface area contributed by atoms with Gasteiger partial charge in [0, 0.05) is 6.54 Å². The van der Waals surface area contributed by atoms with Gasteiger partial charge in [-0.05, 0) is 32.0 Å². The number of hydrogen-bond donors (Lipinski definition) is 1. The van der Waals surface area contributed by atoms with Crippen molar-refractivity contribution in [3.8, 4) is 0 Å². The summed E-state index contributed by atoms with van der Waals surface area (Å²) in [6.07, 6.45) is 1.95. The van der Waals surface area contributed by atoms with Gasteiger partial charge in [-0.15, -0.1) is 0 Å². The molecule has 1 fully saturated rings. The number of likely N-dealkylation sites (tertiary alicyclic amines) is 1. The molecular weight excluding hydrogens is 174 g/mol. The minimum absolute atomic E-state index is 0.631. The van der Waals surface area contributed by atoms with E-state index < -0.39 is 5.60 Å². The van der Waals surface area contributed by atoms with E-state index in [2.05, 4.69) is 11.9 Å². The Bertz CT molecular complexity index is 298. The van der Waals surface area contributed by atoms with E-state index in [0.717, 1.165) is 31.5 Å². The lowest BCUT2D eigenvalue weighted by Crippen LogP contribution is -2.44. The fraction of sp³-hybridized carbons (Fsp3) is 0.500. The van der Waals surface area contributed by atoms with Crippen LogP contribution in [0.25, 0.3) is 0 Å². The number of rotatable bonds is 1. The van der Waals surface area contributed by atoms with Crippen LogP contribution in [0.3, 0.4) is 0 Å². The van der Waals surface area contributed by atoms with E-state index in [-0.39, 0.29) is 0 Å². The van der Waals surface area contributed by atoms with Crippen molar-refractivity contribution < 1.29 is 5.11 Å². The first kappa shape index (κ1) is 9.69. The summed E-state index contributed by atoms with van der Waals surface area (Å²) >= 11 is 0. The highest BCUT2D eigenvalue weighted by Crippen LogP contribution is 2.30. The molecule has 1 aliphatic rings. The van der Waals surface area contributed by atoms with Crippen LogP contribution in [0.5, 0.6) is 0 Å². The molecule has 1 aromatic carbocycles. The SMILES string of the molecule is CN1CCCC(O)(c2ccccc2)C1. The van der Waals surface area contributed by atoms with Gasteiger partial charge < -0.3 is 10.0 Å². The van der Waals surface area contributed by atoms with E-state index in [4.69, 9.17) is 0 Å². The number of nitrogens with zero attached hydrogens (tertiary/aromatic N) is 1. The van der Waals surface area contributed by atoms with Crippen molar-refractivity contribution in [3.05, 3.63) is 35.9 Å². The Hall–Kier alpha value is -0.860. The predicted molar refractivity (Wildman–Crippen MR) is 57.1 cm³/mol. The summed E-state index contributed by atoms with van der Waals surface area (Å²) in [7, 11) is 2.06. The Morgan fingerprint density at radius 3 is 2.64 bits per heavy atom. The van der Waals surface area contributed by atoms with Gasteiger partial charge in [-0.3, -0.25) is 0 Å². The number of benzene rings is 1. The fourth-order valence-corrected chi connectivity index (χ4v) is 2.23.